The highest BCUT2D eigenvalue weighted by Gasteiger charge is 2.52. The summed E-state index contributed by atoms with van der Waals surface area (Å²) in [5.74, 6) is -0.231. The van der Waals surface area contributed by atoms with Gasteiger partial charge in [-0.2, -0.15) is 0 Å². The van der Waals surface area contributed by atoms with Gasteiger partial charge in [-0.25, -0.2) is 4.39 Å². The van der Waals surface area contributed by atoms with Crippen molar-refractivity contribution in [3.63, 3.8) is 0 Å². The Morgan fingerprint density at radius 2 is 1.45 bits per heavy atom. The van der Waals surface area contributed by atoms with Crippen LogP contribution >= 0.6 is 0 Å². The summed E-state index contributed by atoms with van der Waals surface area (Å²) in [7, 11) is -1.91. The van der Waals surface area contributed by atoms with Crippen molar-refractivity contribution in [2.24, 2.45) is 0 Å². The minimum atomic E-state index is -1.49. The quantitative estimate of drug-likeness (QED) is 0.750. The highest BCUT2D eigenvalue weighted by molar-refractivity contribution is 6.85. The molecule has 0 atom stereocenters. The lowest BCUT2D eigenvalue weighted by Gasteiger charge is -2.32. The Hall–Kier alpha value is -0.908. The summed E-state index contributed by atoms with van der Waals surface area (Å²) in [6.07, 6.45) is 0. The fourth-order valence-corrected chi connectivity index (χ4v) is 3.60. The zero-order valence-electron chi connectivity index (χ0n) is 14.7. The van der Waals surface area contributed by atoms with Gasteiger partial charge in [-0.3, -0.25) is 0 Å². The van der Waals surface area contributed by atoms with Crippen molar-refractivity contribution in [3.8, 4) is 0 Å². The van der Waals surface area contributed by atoms with Crippen LogP contribution in [0.3, 0.4) is 0 Å². The van der Waals surface area contributed by atoms with E-state index in [-0.39, 0.29) is 17.0 Å². The van der Waals surface area contributed by atoms with Gasteiger partial charge in [0.05, 0.1) is 19.3 Å². The van der Waals surface area contributed by atoms with E-state index in [2.05, 4.69) is 25.3 Å². The molecule has 1 aliphatic heterocycles. The van der Waals surface area contributed by atoms with E-state index in [1.54, 1.807) is 12.1 Å². The molecular weight excluding hydrogens is 294 g/mol. The molecule has 0 aromatic heterocycles. The molecule has 2 nitrogen and oxygen atoms in total. The first-order valence-corrected chi connectivity index (χ1v) is 11.3. The average Bonchev–Trinajstić information content (AvgIpc) is 2.55. The molecule has 0 radical (unpaired) electrons. The SMILES string of the molecule is CC1(C)OB(/C(=C/[Si](C)(C)C)c2ccc(F)cc2)OC1(C)C. The van der Waals surface area contributed by atoms with Gasteiger partial charge in [0.25, 0.3) is 0 Å². The lowest BCUT2D eigenvalue weighted by Crippen LogP contribution is -2.41. The fraction of sp³-hybridized carbons (Fsp3) is 0.529. The predicted octanol–water partition coefficient (Wildman–Crippen LogP) is 4.72. The molecule has 1 fully saturated rings. The van der Waals surface area contributed by atoms with Gasteiger partial charge in [-0.05, 0) is 50.9 Å². The maximum atomic E-state index is 13.2. The van der Waals surface area contributed by atoms with Crippen molar-refractivity contribution in [2.45, 2.75) is 58.5 Å². The molecule has 5 heteroatoms. The number of benzene rings is 1. The molecule has 0 N–H and O–H groups in total. The molecule has 22 heavy (non-hydrogen) atoms. The molecule has 1 heterocycles. The van der Waals surface area contributed by atoms with Crippen molar-refractivity contribution in [2.75, 3.05) is 0 Å². The second kappa shape index (κ2) is 5.62. The van der Waals surface area contributed by atoms with Gasteiger partial charge >= 0.3 is 7.12 Å². The van der Waals surface area contributed by atoms with E-state index in [0.29, 0.717) is 0 Å². The van der Waals surface area contributed by atoms with Crippen LogP contribution in [0.4, 0.5) is 4.39 Å². The molecule has 1 saturated heterocycles. The Labute approximate surface area is 134 Å². The number of hydrogen-bond acceptors (Lipinski definition) is 2. The molecule has 1 aromatic rings. The average molecular weight is 320 g/mol. The first-order chi connectivity index (χ1) is 9.91. The summed E-state index contributed by atoms with van der Waals surface area (Å²) in [6, 6.07) is 6.57. The van der Waals surface area contributed by atoms with Crippen LogP contribution in [0.5, 0.6) is 0 Å². The van der Waals surface area contributed by atoms with E-state index in [1.165, 1.54) is 12.1 Å². The molecule has 0 spiro atoms. The third-order valence-corrected chi connectivity index (χ3v) is 5.45. The first kappa shape index (κ1) is 17.4. The summed E-state index contributed by atoms with van der Waals surface area (Å²) < 4.78 is 25.6. The highest BCUT2D eigenvalue weighted by atomic mass is 28.3. The van der Waals surface area contributed by atoms with Crippen LogP contribution in [-0.4, -0.2) is 26.4 Å². The summed E-state index contributed by atoms with van der Waals surface area (Å²) in [5, 5.41) is 0. The Morgan fingerprint density at radius 1 is 1.00 bits per heavy atom. The molecule has 1 aliphatic rings. The monoisotopic (exact) mass is 320 g/mol. The van der Waals surface area contributed by atoms with Crippen molar-refractivity contribution in [1.82, 2.24) is 0 Å². The lowest BCUT2D eigenvalue weighted by atomic mass is 9.75. The van der Waals surface area contributed by atoms with Crippen molar-refractivity contribution in [1.29, 1.82) is 0 Å². The maximum Gasteiger partial charge on any atom is 0.494 e. The van der Waals surface area contributed by atoms with Crippen LogP contribution in [0.1, 0.15) is 33.3 Å². The molecule has 0 aliphatic carbocycles. The Balaban J connectivity index is 2.44. The summed E-state index contributed by atoms with van der Waals surface area (Å²) in [4.78, 5) is 0. The highest BCUT2D eigenvalue weighted by Crippen LogP contribution is 2.40. The molecule has 1 aromatic carbocycles. The minimum Gasteiger partial charge on any atom is -0.399 e. The van der Waals surface area contributed by atoms with Crippen molar-refractivity contribution < 1.29 is 13.7 Å². The van der Waals surface area contributed by atoms with Crippen LogP contribution in [0, 0.1) is 5.82 Å². The van der Waals surface area contributed by atoms with Gasteiger partial charge in [0.15, 0.2) is 0 Å². The maximum absolute atomic E-state index is 13.2. The van der Waals surface area contributed by atoms with Crippen LogP contribution < -0.4 is 0 Å². The minimum absolute atomic E-state index is 0.231. The summed E-state index contributed by atoms with van der Waals surface area (Å²) >= 11 is 0. The predicted molar refractivity (Wildman–Crippen MR) is 93.8 cm³/mol. The second-order valence-corrected chi connectivity index (χ2v) is 13.1. The number of halogens is 1. The smallest absolute Gasteiger partial charge is 0.399 e. The molecule has 120 valence electrons. The van der Waals surface area contributed by atoms with E-state index < -0.39 is 15.2 Å². The van der Waals surface area contributed by atoms with E-state index >= 15 is 0 Å². The van der Waals surface area contributed by atoms with Gasteiger partial charge < -0.3 is 9.31 Å². The molecule has 0 saturated carbocycles. The standard InChI is InChI=1S/C17H26BFO2Si/c1-16(2)17(3,4)21-18(20-16)15(12-22(5,6)7)13-8-10-14(19)11-9-13/h8-12H,1-7H3/b15-12+. The van der Waals surface area contributed by atoms with Crippen LogP contribution in [0.2, 0.25) is 19.6 Å². The zero-order valence-corrected chi connectivity index (χ0v) is 15.7. The van der Waals surface area contributed by atoms with E-state index in [0.717, 1.165) is 11.0 Å². The third kappa shape index (κ3) is 3.70. The first-order valence-electron chi connectivity index (χ1n) is 7.76. The number of rotatable bonds is 3. The topological polar surface area (TPSA) is 18.5 Å². The largest absolute Gasteiger partial charge is 0.494 e. The summed E-state index contributed by atoms with van der Waals surface area (Å²) in [5.41, 5.74) is 3.50. The van der Waals surface area contributed by atoms with Crippen LogP contribution in [0.25, 0.3) is 5.47 Å². The Bertz CT molecular complexity index is 557. The normalized spacial score (nSPS) is 21.3. The fourth-order valence-electron chi connectivity index (χ4n) is 2.37. The van der Waals surface area contributed by atoms with Gasteiger partial charge in [-0.15, -0.1) is 0 Å². The third-order valence-electron chi connectivity index (χ3n) is 4.27. The van der Waals surface area contributed by atoms with E-state index in [1.807, 2.05) is 27.7 Å². The van der Waals surface area contributed by atoms with Gasteiger partial charge in [-0.1, -0.05) is 37.5 Å². The van der Waals surface area contributed by atoms with E-state index in [4.69, 9.17) is 9.31 Å². The Kier molecular flexibility index (Phi) is 4.46. The van der Waals surface area contributed by atoms with Gasteiger partial charge in [0.2, 0.25) is 0 Å². The van der Waals surface area contributed by atoms with Gasteiger partial charge in [0.1, 0.15) is 5.82 Å². The van der Waals surface area contributed by atoms with E-state index in [9.17, 15) is 4.39 Å². The summed E-state index contributed by atoms with van der Waals surface area (Å²) in [6.45, 7) is 15.0. The number of hydrogen-bond donors (Lipinski definition) is 0. The molecule has 2 rings (SSSR count). The van der Waals surface area contributed by atoms with Crippen molar-refractivity contribution in [3.05, 3.63) is 41.3 Å². The Morgan fingerprint density at radius 3 is 1.86 bits per heavy atom. The molecule has 0 unspecified atom stereocenters. The zero-order chi connectivity index (χ0) is 16.8. The van der Waals surface area contributed by atoms with Crippen molar-refractivity contribution >= 4 is 20.7 Å². The van der Waals surface area contributed by atoms with Gasteiger partial charge in [0, 0.05) is 0 Å². The van der Waals surface area contributed by atoms with Crippen LogP contribution in [-0.2, 0) is 9.31 Å². The van der Waals surface area contributed by atoms with Crippen LogP contribution in [0.15, 0.2) is 30.0 Å². The molecule has 0 amide bonds. The second-order valence-electron chi connectivity index (χ2n) is 8.06. The molecular formula is C17H26BFO2Si. The molecule has 0 bridgehead atoms. The lowest BCUT2D eigenvalue weighted by molar-refractivity contribution is 0.00578.